The minimum Gasteiger partial charge on any atom is -0.341 e. The topological polar surface area (TPSA) is 40.7 Å². The first-order valence-corrected chi connectivity index (χ1v) is 5.22. The van der Waals surface area contributed by atoms with E-state index in [4.69, 9.17) is 11.6 Å². The van der Waals surface area contributed by atoms with Gasteiger partial charge in [-0.05, 0) is 25.2 Å². The number of aromatic amines is 1. The second kappa shape index (κ2) is 4.63. The van der Waals surface area contributed by atoms with Crippen LogP contribution in [-0.4, -0.2) is 17.0 Å². The van der Waals surface area contributed by atoms with Crippen LogP contribution in [0.1, 0.15) is 5.69 Å². The molecule has 0 aliphatic rings. The van der Waals surface area contributed by atoms with Crippen molar-refractivity contribution in [2.45, 2.75) is 6.54 Å². The van der Waals surface area contributed by atoms with Gasteiger partial charge in [-0.2, -0.15) is 0 Å². The molecule has 0 amide bonds. The fourth-order valence-corrected chi connectivity index (χ4v) is 1.61. The summed E-state index contributed by atoms with van der Waals surface area (Å²) in [6, 6.07) is 4.53. The Bertz CT molecular complexity index is 496. The molecule has 2 aromatic rings. The van der Waals surface area contributed by atoms with Crippen LogP contribution in [0.3, 0.4) is 0 Å². The van der Waals surface area contributed by atoms with Gasteiger partial charge in [0, 0.05) is 24.0 Å². The maximum atomic E-state index is 13.0. The van der Waals surface area contributed by atoms with Gasteiger partial charge in [-0.1, -0.05) is 11.6 Å². The third-order valence-corrected chi connectivity index (χ3v) is 2.48. The van der Waals surface area contributed by atoms with Crippen LogP contribution >= 0.6 is 11.6 Å². The van der Waals surface area contributed by atoms with E-state index >= 15 is 0 Å². The minimum absolute atomic E-state index is 0.101. The molecule has 0 spiro atoms. The van der Waals surface area contributed by atoms with Crippen molar-refractivity contribution < 1.29 is 4.39 Å². The first kappa shape index (κ1) is 11.1. The number of aromatic nitrogens is 2. The maximum absolute atomic E-state index is 13.0. The summed E-state index contributed by atoms with van der Waals surface area (Å²) in [6.45, 7) is 0.710. The predicted octanol–water partition coefficient (Wildman–Crippen LogP) is 2.59. The van der Waals surface area contributed by atoms with Crippen LogP contribution in [0.15, 0.2) is 24.4 Å². The van der Waals surface area contributed by atoms with Crippen LogP contribution in [0.4, 0.5) is 4.39 Å². The first-order valence-electron chi connectivity index (χ1n) is 4.84. The second-order valence-corrected chi connectivity index (χ2v) is 3.82. The van der Waals surface area contributed by atoms with Crippen molar-refractivity contribution >= 4 is 11.6 Å². The third-order valence-electron chi connectivity index (χ3n) is 2.19. The molecule has 0 bridgehead atoms. The number of nitrogens with zero attached hydrogens (tertiary/aromatic N) is 1. The molecule has 0 saturated heterocycles. The molecule has 0 atom stereocenters. The summed E-state index contributed by atoms with van der Waals surface area (Å²) in [5, 5.41) is 3.11. The molecule has 0 unspecified atom stereocenters. The lowest BCUT2D eigenvalue weighted by molar-refractivity contribution is 0.628. The molecule has 84 valence electrons. The molecule has 3 nitrogen and oxygen atoms in total. The normalized spacial score (nSPS) is 10.7. The minimum atomic E-state index is -0.424. The lowest BCUT2D eigenvalue weighted by Crippen LogP contribution is -2.04. The van der Waals surface area contributed by atoms with E-state index in [9.17, 15) is 4.39 Å². The van der Waals surface area contributed by atoms with Crippen molar-refractivity contribution in [1.82, 2.24) is 15.3 Å². The summed E-state index contributed by atoms with van der Waals surface area (Å²) >= 11 is 5.70. The molecule has 2 N–H and O–H groups in total. The van der Waals surface area contributed by atoms with Crippen molar-refractivity contribution in [3.05, 3.63) is 40.9 Å². The van der Waals surface area contributed by atoms with Gasteiger partial charge in [-0.25, -0.2) is 9.37 Å². The van der Waals surface area contributed by atoms with E-state index in [1.807, 2.05) is 7.05 Å². The van der Waals surface area contributed by atoms with Gasteiger partial charge in [0.25, 0.3) is 0 Å². The lowest BCUT2D eigenvalue weighted by Gasteiger charge is -1.99. The van der Waals surface area contributed by atoms with Crippen LogP contribution < -0.4 is 5.32 Å². The second-order valence-electron chi connectivity index (χ2n) is 3.42. The lowest BCUT2D eigenvalue weighted by atomic mass is 10.2. The Morgan fingerprint density at radius 2 is 2.31 bits per heavy atom. The van der Waals surface area contributed by atoms with Gasteiger partial charge >= 0.3 is 0 Å². The van der Waals surface area contributed by atoms with Gasteiger partial charge < -0.3 is 10.3 Å². The summed E-state index contributed by atoms with van der Waals surface area (Å²) < 4.78 is 13.0. The molecule has 1 aromatic carbocycles. The molecular formula is C11H11ClFN3. The first-order chi connectivity index (χ1) is 7.70. The highest BCUT2D eigenvalue weighted by atomic mass is 35.5. The molecule has 0 radical (unpaired) electrons. The van der Waals surface area contributed by atoms with Crippen molar-refractivity contribution in [2.75, 3.05) is 7.05 Å². The van der Waals surface area contributed by atoms with Gasteiger partial charge in [0.15, 0.2) is 0 Å². The molecule has 5 heteroatoms. The SMILES string of the molecule is CNCc1cnc(-c2ccc(F)c(Cl)c2)[nH]1. The fourth-order valence-electron chi connectivity index (χ4n) is 1.43. The Balaban J connectivity index is 2.31. The van der Waals surface area contributed by atoms with Gasteiger partial charge in [0.2, 0.25) is 0 Å². The zero-order chi connectivity index (χ0) is 11.5. The van der Waals surface area contributed by atoms with Gasteiger partial charge in [-0.3, -0.25) is 0 Å². The Morgan fingerprint density at radius 3 is 3.00 bits per heavy atom. The van der Waals surface area contributed by atoms with E-state index in [1.165, 1.54) is 6.07 Å². The molecule has 1 heterocycles. The zero-order valence-electron chi connectivity index (χ0n) is 8.72. The summed E-state index contributed by atoms with van der Waals surface area (Å²) in [5.74, 6) is 0.263. The van der Waals surface area contributed by atoms with Crippen LogP contribution in [0.5, 0.6) is 0 Å². The smallest absolute Gasteiger partial charge is 0.141 e. The van der Waals surface area contributed by atoms with Crippen molar-refractivity contribution in [1.29, 1.82) is 0 Å². The van der Waals surface area contributed by atoms with Crippen LogP contribution in [0.25, 0.3) is 11.4 Å². The number of imidazole rings is 1. The highest BCUT2D eigenvalue weighted by Crippen LogP contribution is 2.22. The number of halogens is 2. The van der Waals surface area contributed by atoms with Crippen LogP contribution in [0.2, 0.25) is 5.02 Å². The average molecular weight is 240 g/mol. The summed E-state index contributed by atoms with van der Waals surface area (Å²) in [5.41, 5.74) is 1.74. The Kier molecular flexibility index (Phi) is 3.22. The number of hydrogen-bond donors (Lipinski definition) is 2. The van der Waals surface area contributed by atoms with E-state index in [-0.39, 0.29) is 5.02 Å². The van der Waals surface area contributed by atoms with E-state index in [2.05, 4.69) is 15.3 Å². The van der Waals surface area contributed by atoms with Crippen LogP contribution in [-0.2, 0) is 6.54 Å². The van der Waals surface area contributed by atoms with E-state index in [0.717, 1.165) is 11.3 Å². The molecule has 16 heavy (non-hydrogen) atoms. The summed E-state index contributed by atoms with van der Waals surface area (Å²) in [7, 11) is 1.86. The van der Waals surface area contributed by atoms with E-state index in [0.29, 0.717) is 12.4 Å². The number of nitrogens with one attached hydrogen (secondary N) is 2. The standard InChI is InChI=1S/C11H11ClFN3/c1-14-5-8-6-15-11(16-8)7-2-3-10(13)9(12)4-7/h2-4,6,14H,5H2,1H3,(H,15,16). The third kappa shape index (κ3) is 2.23. The monoisotopic (exact) mass is 239 g/mol. The summed E-state index contributed by atoms with van der Waals surface area (Å²) in [6.07, 6.45) is 1.74. The van der Waals surface area contributed by atoms with Crippen LogP contribution in [0, 0.1) is 5.82 Å². The molecule has 0 saturated carbocycles. The molecule has 2 rings (SSSR count). The highest BCUT2D eigenvalue weighted by molar-refractivity contribution is 6.31. The Labute approximate surface area is 97.7 Å². The molecule has 1 aromatic heterocycles. The molecule has 0 aliphatic heterocycles. The average Bonchev–Trinajstić information content (AvgIpc) is 2.71. The van der Waals surface area contributed by atoms with Gasteiger partial charge in [0.05, 0.1) is 5.02 Å². The van der Waals surface area contributed by atoms with Gasteiger partial charge in [0.1, 0.15) is 11.6 Å². The quantitative estimate of drug-likeness (QED) is 0.865. The molecule has 0 fully saturated rings. The van der Waals surface area contributed by atoms with Crippen molar-refractivity contribution in [2.24, 2.45) is 0 Å². The number of H-pyrrole nitrogens is 1. The fraction of sp³-hybridized carbons (Fsp3) is 0.182. The van der Waals surface area contributed by atoms with E-state index < -0.39 is 5.82 Å². The number of rotatable bonds is 3. The number of benzene rings is 1. The maximum Gasteiger partial charge on any atom is 0.141 e. The van der Waals surface area contributed by atoms with Gasteiger partial charge in [-0.15, -0.1) is 0 Å². The van der Waals surface area contributed by atoms with Crippen molar-refractivity contribution in [3.63, 3.8) is 0 Å². The molecular weight excluding hydrogens is 229 g/mol. The predicted molar refractivity (Wildman–Crippen MR) is 61.8 cm³/mol. The Hall–Kier alpha value is -1.39. The number of hydrogen-bond acceptors (Lipinski definition) is 2. The van der Waals surface area contributed by atoms with E-state index in [1.54, 1.807) is 18.3 Å². The Morgan fingerprint density at radius 1 is 1.50 bits per heavy atom. The highest BCUT2D eigenvalue weighted by Gasteiger charge is 2.06. The summed E-state index contributed by atoms with van der Waals surface area (Å²) in [4.78, 5) is 7.32. The van der Waals surface area contributed by atoms with Crippen molar-refractivity contribution in [3.8, 4) is 11.4 Å². The zero-order valence-corrected chi connectivity index (χ0v) is 9.48. The molecule has 0 aliphatic carbocycles. The largest absolute Gasteiger partial charge is 0.341 e.